The van der Waals surface area contributed by atoms with E-state index in [4.69, 9.17) is 9.47 Å². The van der Waals surface area contributed by atoms with E-state index in [1.165, 1.54) is 48.5 Å². The quantitative estimate of drug-likeness (QED) is 0.216. The standard InChI is InChI=1S/C22H13NO6/c24-21-18-11-10-17(28-22(25)15-4-2-1-3-5-15)13-19(18)29-20(21)12-14-6-8-16(9-7-14)23(26)27/h1-13H/b20-12-. The number of esters is 1. The van der Waals surface area contributed by atoms with Gasteiger partial charge in [-0.1, -0.05) is 18.2 Å². The first kappa shape index (κ1) is 18.1. The van der Waals surface area contributed by atoms with Gasteiger partial charge in [-0.3, -0.25) is 14.9 Å². The van der Waals surface area contributed by atoms with Crippen molar-refractivity contribution in [2.45, 2.75) is 0 Å². The number of carbonyl (C=O) groups excluding carboxylic acids is 2. The minimum atomic E-state index is -0.517. The summed E-state index contributed by atoms with van der Waals surface area (Å²) in [5, 5.41) is 10.7. The number of rotatable bonds is 4. The van der Waals surface area contributed by atoms with Crippen molar-refractivity contribution < 1.29 is 24.0 Å². The van der Waals surface area contributed by atoms with Crippen LogP contribution in [0.3, 0.4) is 0 Å². The Kier molecular flexibility index (Phi) is 4.62. The SMILES string of the molecule is O=C(Oc1ccc2c(c1)O/C(=C\c1ccc([N+](=O)[O-])cc1)C2=O)c1ccccc1. The molecule has 0 atom stereocenters. The number of nitro groups is 1. The third-order valence-corrected chi connectivity index (χ3v) is 4.26. The van der Waals surface area contributed by atoms with Crippen molar-refractivity contribution in [2.75, 3.05) is 0 Å². The van der Waals surface area contributed by atoms with Gasteiger partial charge in [0, 0.05) is 18.2 Å². The van der Waals surface area contributed by atoms with Crippen LogP contribution in [0.1, 0.15) is 26.3 Å². The molecule has 1 aliphatic rings. The van der Waals surface area contributed by atoms with Crippen LogP contribution in [-0.4, -0.2) is 16.7 Å². The van der Waals surface area contributed by atoms with Gasteiger partial charge in [-0.15, -0.1) is 0 Å². The van der Waals surface area contributed by atoms with Crippen LogP contribution >= 0.6 is 0 Å². The van der Waals surface area contributed by atoms with Gasteiger partial charge in [0.15, 0.2) is 5.76 Å². The molecule has 0 aromatic heterocycles. The fraction of sp³-hybridized carbons (Fsp3) is 0. The Bertz CT molecular complexity index is 1150. The zero-order valence-electron chi connectivity index (χ0n) is 14.9. The van der Waals surface area contributed by atoms with E-state index >= 15 is 0 Å². The predicted octanol–water partition coefficient (Wildman–Crippen LogP) is 4.43. The number of Topliss-reactive ketones (excluding diaryl/α,β-unsaturated/α-hetero) is 1. The van der Waals surface area contributed by atoms with E-state index in [0.717, 1.165) is 0 Å². The smallest absolute Gasteiger partial charge is 0.343 e. The van der Waals surface area contributed by atoms with Gasteiger partial charge in [-0.2, -0.15) is 0 Å². The Morgan fingerprint density at radius 3 is 2.41 bits per heavy atom. The van der Waals surface area contributed by atoms with Crippen molar-refractivity contribution in [3.05, 3.63) is 105 Å². The molecule has 1 aliphatic heterocycles. The van der Waals surface area contributed by atoms with E-state index in [1.807, 2.05) is 0 Å². The fourth-order valence-corrected chi connectivity index (χ4v) is 2.81. The molecule has 0 N–H and O–H groups in total. The molecular formula is C22H13NO6. The van der Waals surface area contributed by atoms with Crippen LogP contribution in [0.2, 0.25) is 0 Å². The number of ether oxygens (including phenoxy) is 2. The van der Waals surface area contributed by atoms with E-state index in [2.05, 4.69) is 0 Å². The van der Waals surface area contributed by atoms with Crippen molar-refractivity contribution in [3.63, 3.8) is 0 Å². The highest BCUT2D eigenvalue weighted by atomic mass is 16.6. The number of allylic oxidation sites excluding steroid dienone is 1. The van der Waals surface area contributed by atoms with Gasteiger partial charge in [0.25, 0.3) is 5.69 Å². The van der Waals surface area contributed by atoms with Gasteiger partial charge >= 0.3 is 5.97 Å². The average Bonchev–Trinajstić information content (AvgIpc) is 3.03. The highest BCUT2D eigenvalue weighted by Crippen LogP contribution is 2.35. The Hall–Kier alpha value is -4.26. The molecule has 0 spiro atoms. The van der Waals surface area contributed by atoms with Gasteiger partial charge in [0.05, 0.1) is 16.1 Å². The largest absolute Gasteiger partial charge is 0.452 e. The number of nitrogens with zero attached hydrogens (tertiary/aromatic N) is 1. The molecule has 7 heteroatoms. The summed E-state index contributed by atoms with van der Waals surface area (Å²) >= 11 is 0. The number of benzene rings is 3. The second-order valence-electron chi connectivity index (χ2n) is 6.20. The van der Waals surface area contributed by atoms with Crippen LogP contribution in [0.15, 0.2) is 78.6 Å². The summed E-state index contributed by atoms with van der Waals surface area (Å²) < 4.78 is 11.0. The molecule has 0 saturated carbocycles. The Balaban J connectivity index is 1.54. The normalized spacial score (nSPS) is 13.7. The maximum Gasteiger partial charge on any atom is 0.343 e. The van der Waals surface area contributed by atoms with Crippen molar-refractivity contribution in [1.29, 1.82) is 0 Å². The van der Waals surface area contributed by atoms with Gasteiger partial charge in [-0.25, -0.2) is 4.79 Å². The molecule has 3 aromatic rings. The summed E-state index contributed by atoms with van der Waals surface area (Å²) in [6.07, 6.45) is 1.50. The molecule has 0 unspecified atom stereocenters. The summed E-state index contributed by atoms with van der Waals surface area (Å²) in [6.45, 7) is 0. The van der Waals surface area contributed by atoms with Gasteiger partial charge in [0.1, 0.15) is 11.5 Å². The summed E-state index contributed by atoms with van der Waals surface area (Å²) in [5.74, 6) is -0.222. The number of carbonyl (C=O) groups is 2. The van der Waals surface area contributed by atoms with E-state index in [0.29, 0.717) is 16.7 Å². The summed E-state index contributed by atoms with van der Waals surface area (Å²) in [4.78, 5) is 34.9. The highest BCUT2D eigenvalue weighted by molar-refractivity contribution is 6.14. The van der Waals surface area contributed by atoms with E-state index < -0.39 is 10.9 Å². The molecule has 1 heterocycles. The lowest BCUT2D eigenvalue weighted by Gasteiger charge is -2.05. The maximum atomic E-state index is 12.5. The molecule has 142 valence electrons. The van der Waals surface area contributed by atoms with E-state index in [-0.39, 0.29) is 28.7 Å². The number of non-ortho nitro benzene ring substituents is 1. The molecule has 0 radical (unpaired) electrons. The van der Waals surface area contributed by atoms with Crippen LogP contribution in [0.25, 0.3) is 6.08 Å². The lowest BCUT2D eigenvalue weighted by atomic mass is 10.1. The number of hydrogen-bond donors (Lipinski definition) is 0. The van der Waals surface area contributed by atoms with Crippen LogP contribution in [0.4, 0.5) is 5.69 Å². The molecule has 7 nitrogen and oxygen atoms in total. The molecule has 29 heavy (non-hydrogen) atoms. The van der Waals surface area contributed by atoms with Crippen molar-refractivity contribution >= 4 is 23.5 Å². The van der Waals surface area contributed by atoms with Crippen LogP contribution in [0, 0.1) is 10.1 Å². The van der Waals surface area contributed by atoms with Gasteiger partial charge in [-0.05, 0) is 48.0 Å². The third kappa shape index (κ3) is 3.74. The molecule has 3 aromatic carbocycles. The van der Waals surface area contributed by atoms with E-state index in [1.54, 1.807) is 30.3 Å². The first-order chi connectivity index (χ1) is 14.0. The summed E-state index contributed by atoms with van der Waals surface area (Å²) in [6, 6.07) is 18.8. The van der Waals surface area contributed by atoms with Crippen molar-refractivity contribution in [3.8, 4) is 11.5 Å². The lowest BCUT2D eigenvalue weighted by molar-refractivity contribution is -0.384. The van der Waals surface area contributed by atoms with Crippen molar-refractivity contribution in [1.82, 2.24) is 0 Å². The topological polar surface area (TPSA) is 95.7 Å². The Morgan fingerprint density at radius 1 is 1.00 bits per heavy atom. The maximum absolute atomic E-state index is 12.5. The second kappa shape index (κ2) is 7.40. The van der Waals surface area contributed by atoms with Crippen molar-refractivity contribution in [2.24, 2.45) is 0 Å². The first-order valence-electron chi connectivity index (χ1n) is 8.61. The number of fused-ring (bicyclic) bond motifs is 1. The average molecular weight is 387 g/mol. The summed E-state index contributed by atoms with van der Waals surface area (Å²) in [5.41, 5.74) is 1.29. The number of hydrogen-bond acceptors (Lipinski definition) is 6. The number of nitro benzene ring substituents is 1. The molecule has 0 amide bonds. The molecule has 0 saturated heterocycles. The Labute approximate surface area is 165 Å². The van der Waals surface area contributed by atoms with Gasteiger partial charge < -0.3 is 9.47 Å². The molecule has 0 bridgehead atoms. The monoisotopic (exact) mass is 387 g/mol. The first-order valence-corrected chi connectivity index (χ1v) is 8.61. The predicted molar refractivity (Wildman–Crippen MR) is 104 cm³/mol. The van der Waals surface area contributed by atoms with Crippen LogP contribution < -0.4 is 9.47 Å². The highest BCUT2D eigenvalue weighted by Gasteiger charge is 2.28. The fourth-order valence-electron chi connectivity index (χ4n) is 2.81. The zero-order chi connectivity index (χ0) is 20.4. The lowest BCUT2D eigenvalue weighted by Crippen LogP contribution is -2.08. The molecule has 0 fully saturated rings. The zero-order valence-corrected chi connectivity index (χ0v) is 14.9. The molecule has 0 aliphatic carbocycles. The summed E-state index contributed by atoms with van der Waals surface area (Å²) in [7, 11) is 0. The third-order valence-electron chi connectivity index (χ3n) is 4.26. The van der Waals surface area contributed by atoms with E-state index in [9.17, 15) is 19.7 Å². The molecular weight excluding hydrogens is 374 g/mol. The Morgan fingerprint density at radius 2 is 1.72 bits per heavy atom. The molecule has 4 rings (SSSR count). The van der Waals surface area contributed by atoms with Crippen LogP contribution in [-0.2, 0) is 0 Å². The minimum absolute atomic E-state index is 0.0426. The minimum Gasteiger partial charge on any atom is -0.452 e. The second-order valence-corrected chi connectivity index (χ2v) is 6.20. The van der Waals surface area contributed by atoms with Gasteiger partial charge in [0.2, 0.25) is 5.78 Å². The number of ketones is 1. The van der Waals surface area contributed by atoms with Crippen LogP contribution in [0.5, 0.6) is 11.5 Å².